The van der Waals surface area contributed by atoms with Gasteiger partial charge in [-0.05, 0) is 39.0 Å². The number of alkyl halides is 1. The number of carbonyl (C=O) groups excluding carboxylic acids is 1. The monoisotopic (exact) mass is 275 g/mol. The molecule has 1 rings (SSSR count). The van der Waals surface area contributed by atoms with Crippen molar-refractivity contribution in [2.24, 2.45) is 11.8 Å². The van der Waals surface area contributed by atoms with Gasteiger partial charge in [0.05, 0.1) is 0 Å². The fourth-order valence-corrected chi connectivity index (χ4v) is 3.25. The Bertz CT molecular complexity index is 228. The van der Waals surface area contributed by atoms with Crippen LogP contribution in [-0.4, -0.2) is 16.8 Å². The minimum atomic E-state index is -0.0805. The van der Waals surface area contributed by atoms with Crippen molar-refractivity contribution in [1.29, 1.82) is 0 Å². The summed E-state index contributed by atoms with van der Waals surface area (Å²) >= 11 is 3.42. The number of rotatable bonds is 4. The molecule has 1 aliphatic rings. The maximum atomic E-state index is 12.0. The van der Waals surface area contributed by atoms with Gasteiger partial charge in [0.15, 0.2) is 0 Å². The number of amides is 1. The molecule has 3 heteroatoms. The van der Waals surface area contributed by atoms with E-state index in [1.165, 1.54) is 12.8 Å². The first-order chi connectivity index (χ1) is 6.96. The fraction of sp³-hybridized carbons (Fsp3) is 0.917. The van der Waals surface area contributed by atoms with Crippen molar-refractivity contribution in [2.45, 2.75) is 52.0 Å². The summed E-state index contributed by atoms with van der Waals surface area (Å²) < 4.78 is 0. The van der Waals surface area contributed by atoms with E-state index in [2.05, 4.69) is 42.0 Å². The molecule has 0 aromatic heterocycles. The van der Waals surface area contributed by atoms with E-state index in [4.69, 9.17) is 0 Å². The molecule has 0 heterocycles. The van der Waals surface area contributed by atoms with Gasteiger partial charge in [0.2, 0.25) is 5.91 Å². The van der Waals surface area contributed by atoms with Gasteiger partial charge in [0.1, 0.15) is 0 Å². The predicted molar refractivity (Wildman–Crippen MR) is 67.1 cm³/mol. The molecule has 1 saturated carbocycles. The van der Waals surface area contributed by atoms with Gasteiger partial charge >= 0.3 is 0 Å². The highest BCUT2D eigenvalue weighted by molar-refractivity contribution is 9.09. The molecule has 0 saturated heterocycles. The molecule has 1 aliphatic carbocycles. The standard InChI is InChI=1S/C12H22BrNO/c1-9-5-4-6-10(9)11(15)14-12(2,3)7-8-13/h9-10H,4-8H2,1-3H3,(H,14,15). The molecule has 2 atom stereocenters. The molecule has 88 valence electrons. The molecule has 1 amide bonds. The molecule has 1 N–H and O–H groups in total. The molecule has 0 aliphatic heterocycles. The second kappa shape index (κ2) is 5.33. The third-order valence-corrected chi connectivity index (χ3v) is 3.78. The van der Waals surface area contributed by atoms with Crippen LogP contribution >= 0.6 is 15.9 Å². The maximum Gasteiger partial charge on any atom is 0.223 e. The summed E-state index contributed by atoms with van der Waals surface area (Å²) in [4.78, 5) is 12.0. The average molecular weight is 276 g/mol. The second-order valence-corrected chi connectivity index (χ2v) is 6.12. The van der Waals surface area contributed by atoms with Crippen LogP contribution in [0.4, 0.5) is 0 Å². The van der Waals surface area contributed by atoms with Crippen molar-refractivity contribution in [1.82, 2.24) is 5.32 Å². The van der Waals surface area contributed by atoms with Crippen LogP contribution in [0.15, 0.2) is 0 Å². The third-order valence-electron chi connectivity index (χ3n) is 3.38. The first-order valence-electron chi connectivity index (χ1n) is 5.84. The Labute approximate surface area is 101 Å². The van der Waals surface area contributed by atoms with Crippen molar-refractivity contribution in [3.63, 3.8) is 0 Å². The lowest BCUT2D eigenvalue weighted by Gasteiger charge is -2.28. The van der Waals surface area contributed by atoms with Gasteiger partial charge in [-0.25, -0.2) is 0 Å². The lowest BCUT2D eigenvalue weighted by atomic mass is 9.94. The van der Waals surface area contributed by atoms with Gasteiger partial charge in [-0.15, -0.1) is 0 Å². The summed E-state index contributed by atoms with van der Waals surface area (Å²) in [7, 11) is 0. The topological polar surface area (TPSA) is 29.1 Å². The molecule has 1 fully saturated rings. The highest BCUT2D eigenvalue weighted by Gasteiger charge is 2.32. The minimum Gasteiger partial charge on any atom is -0.351 e. The van der Waals surface area contributed by atoms with Gasteiger partial charge in [-0.2, -0.15) is 0 Å². The Morgan fingerprint density at radius 3 is 2.60 bits per heavy atom. The van der Waals surface area contributed by atoms with E-state index < -0.39 is 0 Å². The summed E-state index contributed by atoms with van der Waals surface area (Å²) in [5.41, 5.74) is -0.0805. The Morgan fingerprint density at radius 1 is 1.47 bits per heavy atom. The van der Waals surface area contributed by atoms with E-state index in [0.717, 1.165) is 18.2 Å². The molecule has 0 bridgehead atoms. The van der Waals surface area contributed by atoms with Crippen molar-refractivity contribution in [3.8, 4) is 0 Å². The summed E-state index contributed by atoms with van der Waals surface area (Å²) in [6.45, 7) is 6.37. The number of halogens is 1. The van der Waals surface area contributed by atoms with Crippen LogP contribution in [-0.2, 0) is 4.79 Å². The Morgan fingerprint density at radius 2 is 2.13 bits per heavy atom. The largest absolute Gasteiger partial charge is 0.351 e. The van der Waals surface area contributed by atoms with E-state index in [-0.39, 0.29) is 17.4 Å². The van der Waals surface area contributed by atoms with E-state index >= 15 is 0 Å². The van der Waals surface area contributed by atoms with E-state index in [9.17, 15) is 4.79 Å². The highest BCUT2D eigenvalue weighted by atomic mass is 79.9. The molecule has 15 heavy (non-hydrogen) atoms. The zero-order chi connectivity index (χ0) is 11.5. The number of hydrogen-bond acceptors (Lipinski definition) is 1. The van der Waals surface area contributed by atoms with Crippen LogP contribution in [0.2, 0.25) is 0 Å². The molecule has 0 radical (unpaired) electrons. The quantitative estimate of drug-likeness (QED) is 0.785. The van der Waals surface area contributed by atoms with Crippen LogP contribution in [0.3, 0.4) is 0 Å². The van der Waals surface area contributed by atoms with Crippen LogP contribution < -0.4 is 5.32 Å². The zero-order valence-corrected chi connectivity index (χ0v) is 11.6. The van der Waals surface area contributed by atoms with Crippen LogP contribution in [0.5, 0.6) is 0 Å². The summed E-state index contributed by atoms with van der Waals surface area (Å²) in [6, 6.07) is 0. The van der Waals surface area contributed by atoms with Gasteiger partial charge in [0, 0.05) is 16.8 Å². The Hall–Kier alpha value is -0.0500. The summed E-state index contributed by atoms with van der Waals surface area (Å²) in [5, 5.41) is 4.09. The van der Waals surface area contributed by atoms with Crippen LogP contribution in [0.1, 0.15) is 46.5 Å². The van der Waals surface area contributed by atoms with Crippen LogP contribution in [0, 0.1) is 11.8 Å². The molecule has 0 aromatic carbocycles. The SMILES string of the molecule is CC1CCCC1C(=O)NC(C)(C)CCBr. The van der Waals surface area contributed by atoms with Gasteiger partial charge in [-0.3, -0.25) is 4.79 Å². The average Bonchev–Trinajstić information content (AvgIpc) is 2.50. The molecule has 2 nitrogen and oxygen atoms in total. The summed E-state index contributed by atoms with van der Waals surface area (Å²) in [6.07, 6.45) is 4.45. The normalized spacial score (nSPS) is 26.7. The van der Waals surface area contributed by atoms with Crippen molar-refractivity contribution < 1.29 is 4.79 Å². The molecule has 0 aromatic rings. The Balaban J connectivity index is 2.47. The van der Waals surface area contributed by atoms with Gasteiger partial charge in [-0.1, -0.05) is 29.3 Å². The molecular formula is C12H22BrNO. The highest BCUT2D eigenvalue weighted by Crippen LogP contribution is 2.31. The predicted octanol–water partition coefficient (Wildman–Crippen LogP) is 3.10. The molecular weight excluding hydrogens is 254 g/mol. The first-order valence-corrected chi connectivity index (χ1v) is 6.96. The minimum absolute atomic E-state index is 0.0805. The van der Waals surface area contributed by atoms with E-state index in [1.807, 2.05) is 0 Å². The number of carbonyl (C=O) groups is 1. The lowest BCUT2D eigenvalue weighted by Crippen LogP contribution is -2.46. The van der Waals surface area contributed by atoms with E-state index in [1.54, 1.807) is 0 Å². The molecule has 2 unspecified atom stereocenters. The maximum absolute atomic E-state index is 12.0. The number of hydrogen-bond donors (Lipinski definition) is 1. The van der Waals surface area contributed by atoms with Gasteiger partial charge in [0.25, 0.3) is 0 Å². The van der Waals surface area contributed by atoms with E-state index in [0.29, 0.717) is 5.92 Å². The van der Waals surface area contributed by atoms with Crippen molar-refractivity contribution >= 4 is 21.8 Å². The van der Waals surface area contributed by atoms with Gasteiger partial charge < -0.3 is 5.32 Å². The lowest BCUT2D eigenvalue weighted by molar-refractivity contribution is -0.127. The van der Waals surface area contributed by atoms with Crippen molar-refractivity contribution in [2.75, 3.05) is 5.33 Å². The van der Waals surface area contributed by atoms with Crippen LogP contribution in [0.25, 0.3) is 0 Å². The second-order valence-electron chi connectivity index (χ2n) is 5.33. The fourth-order valence-electron chi connectivity index (χ4n) is 2.26. The smallest absolute Gasteiger partial charge is 0.223 e. The summed E-state index contributed by atoms with van der Waals surface area (Å²) in [5.74, 6) is 1.07. The van der Waals surface area contributed by atoms with Crippen molar-refractivity contribution in [3.05, 3.63) is 0 Å². The third kappa shape index (κ3) is 3.78. The molecule has 0 spiro atoms. The Kier molecular flexibility index (Phi) is 4.63. The first kappa shape index (κ1) is 13.0. The zero-order valence-electron chi connectivity index (χ0n) is 9.98. The number of nitrogens with one attached hydrogen (secondary N) is 1.